The van der Waals surface area contributed by atoms with Crippen molar-refractivity contribution in [3.05, 3.63) is 72.8 Å². The van der Waals surface area contributed by atoms with E-state index in [1.165, 1.54) is 0 Å². The van der Waals surface area contributed by atoms with Gasteiger partial charge in [-0.15, -0.1) is 13.2 Å². The molecule has 7 nitrogen and oxygen atoms in total. The number of aliphatic hydroxyl groups excluding tert-OH is 4. The highest BCUT2D eigenvalue weighted by Gasteiger charge is 2.44. The number of phenolic OH excluding ortho intramolecular Hbond substituents is 1. The first-order valence-corrected chi connectivity index (χ1v) is 10.0. The molecule has 0 spiro atoms. The largest absolute Gasteiger partial charge is 0.507 e. The first-order chi connectivity index (χ1) is 14.9. The average molecular weight is 428 g/mol. The van der Waals surface area contributed by atoms with Gasteiger partial charge in [0, 0.05) is 5.56 Å². The summed E-state index contributed by atoms with van der Waals surface area (Å²) in [7, 11) is 0. The fourth-order valence-electron chi connectivity index (χ4n) is 3.57. The Hall–Kier alpha value is -2.68. The van der Waals surface area contributed by atoms with Gasteiger partial charge in [-0.3, -0.25) is 0 Å². The van der Waals surface area contributed by atoms with E-state index < -0.39 is 37.3 Å². The smallest absolute Gasteiger partial charge is 0.229 e. The average Bonchev–Trinajstić information content (AvgIpc) is 2.77. The minimum Gasteiger partial charge on any atom is -0.507 e. The maximum absolute atomic E-state index is 10.3. The Kier molecular flexibility index (Phi) is 7.48. The van der Waals surface area contributed by atoms with Crippen LogP contribution in [-0.2, 0) is 17.6 Å². The molecule has 1 saturated heterocycles. The van der Waals surface area contributed by atoms with Crippen LogP contribution in [0.1, 0.15) is 11.1 Å². The number of benzene rings is 2. The molecule has 1 heterocycles. The second-order valence-electron chi connectivity index (χ2n) is 7.47. The molecule has 5 atom stereocenters. The Morgan fingerprint density at radius 2 is 1.68 bits per heavy atom. The van der Waals surface area contributed by atoms with Crippen LogP contribution in [0, 0.1) is 0 Å². The molecule has 0 amide bonds. The van der Waals surface area contributed by atoms with Crippen LogP contribution in [0.25, 0.3) is 11.1 Å². The lowest BCUT2D eigenvalue weighted by atomic mass is 9.97. The van der Waals surface area contributed by atoms with Crippen LogP contribution in [0.5, 0.6) is 11.5 Å². The minimum atomic E-state index is -1.53. The number of phenols is 1. The number of aliphatic hydroxyl groups is 4. The zero-order chi connectivity index (χ0) is 22.5. The van der Waals surface area contributed by atoms with Gasteiger partial charge >= 0.3 is 0 Å². The third kappa shape index (κ3) is 4.98. The van der Waals surface area contributed by atoms with Crippen LogP contribution in [0.2, 0.25) is 0 Å². The number of aromatic hydroxyl groups is 1. The molecule has 1 aliphatic rings. The molecule has 0 radical (unpaired) electrons. The number of hydrogen-bond donors (Lipinski definition) is 5. The molecule has 2 aromatic carbocycles. The Morgan fingerprint density at radius 1 is 0.935 bits per heavy atom. The molecule has 1 aliphatic heterocycles. The van der Waals surface area contributed by atoms with Crippen molar-refractivity contribution in [1.82, 2.24) is 0 Å². The third-order valence-electron chi connectivity index (χ3n) is 5.27. The Labute approximate surface area is 181 Å². The number of rotatable bonds is 8. The fraction of sp³-hybridized carbons (Fsp3) is 0.333. The first kappa shape index (κ1) is 23.0. The van der Waals surface area contributed by atoms with E-state index in [0.717, 1.165) is 16.7 Å². The summed E-state index contributed by atoms with van der Waals surface area (Å²) in [6, 6.07) is 10.6. The zero-order valence-corrected chi connectivity index (χ0v) is 17.1. The summed E-state index contributed by atoms with van der Waals surface area (Å²) in [5.74, 6) is 0.523. The van der Waals surface area contributed by atoms with Gasteiger partial charge in [0.25, 0.3) is 0 Å². The molecule has 2 aromatic rings. The Balaban J connectivity index is 1.92. The first-order valence-electron chi connectivity index (χ1n) is 10.0. The van der Waals surface area contributed by atoms with E-state index in [1.807, 2.05) is 18.2 Å². The van der Waals surface area contributed by atoms with Gasteiger partial charge in [-0.1, -0.05) is 24.3 Å². The van der Waals surface area contributed by atoms with Gasteiger partial charge in [-0.25, -0.2) is 0 Å². The molecule has 5 N–H and O–H groups in total. The SMILES string of the molecule is C=CCc1ccc(O)c(-c2ccc(O[C@@H]3O[C@H](CO)[C@@H](O)[C@H](O)[C@H]3O)c(CC=C)c2)c1. The molecule has 31 heavy (non-hydrogen) atoms. The zero-order valence-electron chi connectivity index (χ0n) is 17.1. The summed E-state index contributed by atoms with van der Waals surface area (Å²) in [5, 5.41) is 49.9. The summed E-state index contributed by atoms with van der Waals surface area (Å²) in [5.41, 5.74) is 3.15. The molecular formula is C24H28O7. The van der Waals surface area contributed by atoms with Crippen LogP contribution in [0.15, 0.2) is 61.7 Å². The van der Waals surface area contributed by atoms with E-state index in [9.17, 15) is 25.5 Å². The Morgan fingerprint density at radius 3 is 2.35 bits per heavy atom. The molecule has 0 aromatic heterocycles. The summed E-state index contributed by atoms with van der Waals surface area (Å²) >= 11 is 0. The second-order valence-corrected chi connectivity index (χ2v) is 7.47. The lowest BCUT2D eigenvalue weighted by Crippen LogP contribution is -2.60. The van der Waals surface area contributed by atoms with Crippen LogP contribution < -0.4 is 4.74 Å². The lowest BCUT2D eigenvalue weighted by Gasteiger charge is -2.39. The molecule has 3 rings (SSSR count). The fourth-order valence-corrected chi connectivity index (χ4v) is 3.57. The molecule has 1 fully saturated rings. The molecule has 166 valence electrons. The quantitative estimate of drug-likeness (QED) is 0.406. The number of allylic oxidation sites excluding steroid dienone is 2. The van der Waals surface area contributed by atoms with Gasteiger partial charge < -0.3 is 35.0 Å². The normalized spacial score (nSPS) is 25.7. The van der Waals surface area contributed by atoms with E-state index >= 15 is 0 Å². The van der Waals surface area contributed by atoms with Gasteiger partial charge in [0.05, 0.1) is 6.61 Å². The third-order valence-corrected chi connectivity index (χ3v) is 5.27. The number of hydrogen-bond acceptors (Lipinski definition) is 7. The topological polar surface area (TPSA) is 120 Å². The molecule has 0 bridgehead atoms. The van der Waals surface area contributed by atoms with Gasteiger partial charge in [0.15, 0.2) is 0 Å². The molecule has 7 heteroatoms. The number of ether oxygens (including phenoxy) is 2. The molecule has 0 aliphatic carbocycles. The van der Waals surface area contributed by atoms with E-state index in [1.54, 1.807) is 30.4 Å². The van der Waals surface area contributed by atoms with Gasteiger partial charge in [0.1, 0.15) is 35.9 Å². The van der Waals surface area contributed by atoms with Crippen molar-refractivity contribution in [2.75, 3.05) is 6.61 Å². The van der Waals surface area contributed by atoms with Gasteiger partial charge in [-0.2, -0.15) is 0 Å². The lowest BCUT2D eigenvalue weighted by molar-refractivity contribution is -0.277. The van der Waals surface area contributed by atoms with E-state index in [0.29, 0.717) is 24.2 Å². The van der Waals surface area contributed by atoms with Crippen molar-refractivity contribution < 1.29 is 35.0 Å². The van der Waals surface area contributed by atoms with E-state index in [4.69, 9.17) is 9.47 Å². The monoisotopic (exact) mass is 428 g/mol. The standard InChI is InChI=1S/C24H28O7/c1-3-5-14-7-9-18(26)17(11-14)15-8-10-19(16(12-15)6-4-2)30-24-23(29)22(28)21(27)20(13-25)31-24/h3-4,7-12,20-29H,1-2,5-6,13H2/t20-,21-,22+,23-,24-/m1/s1. The van der Waals surface area contributed by atoms with Crippen molar-refractivity contribution in [2.24, 2.45) is 0 Å². The highest BCUT2D eigenvalue weighted by molar-refractivity contribution is 5.72. The van der Waals surface area contributed by atoms with Crippen molar-refractivity contribution in [3.63, 3.8) is 0 Å². The van der Waals surface area contributed by atoms with Crippen LogP contribution >= 0.6 is 0 Å². The summed E-state index contributed by atoms with van der Waals surface area (Å²) in [6.45, 7) is 6.97. The predicted molar refractivity (Wildman–Crippen MR) is 116 cm³/mol. The van der Waals surface area contributed by atoms with Crippen molar-refractivity contribution >= 4 is 0 Å². The minimum absolute atomic E-state index is 0.139. The van der Waals surface area contributed by atoms with Crippen molar-refractivity contribution in [1.29, 1.82) is 0 Å². The summed E-state index contributed by atoms with van der Waals surface area (Å²) < 4.78 is 11.2. The maximum atomic E-state index is 10.3. The molecule has 0 unspecified atom stereocenters. The summed E-state index contributed by atoms with van der Waals surface area (Å²) in [4.78, 5) is 0. The molecular weight excluding hydrogens is 400 g/mol. The second kappa shape index (κ2) is 10.1. The molecule has 0 saturated carbocycles. The van der Waals surface area contributed by atoms with Gasteiger partial charge in [0.2, 0.25) is 6.29 Å². The van der Waals surface area contributed by atoms with Crippen molar-refractivity contribution in [2.45, 2.75) is 43.5 Å². The summed E-state index contributed by atoms with van der Waals surface area (Å²) in [6.07, 6.45) is -2.25. The van der Waals surface area contributed by atoms with Crippen molar-refractivity contribution in [3.8, 4) is 22.6 Å². The van der Waals surface area contributed by atoms with Crippen LogP contribution in [0.4, 0.5) is 0 Å². The van der Waals surface area contributed by atoms with Gasteiger partial charge in [-0.05, 0) is 53.8 Å². The van der Waals surface area contributed by atoms with Crippen LogP contribution in [-0.4, -0.2) is 62.8 Å². The predicted octanol–water partition coefficient (Wildman–Crippen LogP) is 1.69. The van der Waals surface area contributed by atoms with E-state index in [2.05, 4.69) is 13.2 Å². The highest BCUT2D eigenvalue weighted by Crippen LogP contribution is 2.35. The van der Waals surface area contributed by atoms with Crippen LogP contribution in [0.3, 0.4) is 0 Å². The maximum Gasteiger partial charge on any atom is 0.229 e. The van der Waals surface area contributed by atoms with E-state index in [-0.39, 0.29) is 5.75 Å². The highest BCUT2D eigenvalue weighted by atomic mass is 16.7. The Bertz CT molecular complexity index is 924.